The number of aromatic amines is 1. The summed E-state index contributed by atoms with van der Waals surface area (Å²) >= 11 is 0. The van der Waals surface area contributed by atoms with Crippen LogP contribution in [0.25, 0.3) is 16.5 Å². The summed E-state index contributed by atoms with van der Waals surface area (Å²) in [5.74, 6) is 0. The van der Waals surface area contributed by atoms with Crippen LogP contribution in [-0.4, -0.2) is 23.5 Å². The van der Waals surface area contributed by atoms with E-state index in [-0.39, 0.29) is 0 Å². The van der Waals surface area contributed by atoms with Gasteiger partial charge in [-0.2, -0.15) is 13.2 Å². The molecule has 5 nitrogen and oxygen atoms in total. The predicted octanol–water partition coefficient (Wildman–Crippen LogP) is 2.50. The lowest BCUT2D eigenvalue weighted by Gasteiger charge is -2.08. The topological polar surface area (TPSA) is 76.9 Å². The molecule has 0 amide bonds. The van der Waals surface area contributed by atoms with Crippen LogP contribution in [0.3, 0.4) is 0 Å². The van der Waals surface area contributed by atoms with Gasteiger partial charge in [-0.15, -0.1) is 0 Å². The minimum absolute atomic E-state index is 1.18. The summed E-state index contributed by atoms with van der Waals surface area (Å²) in [6.07, 6.45) is 5.85. The van der Waals surface area contributed by atoms with E-state index >= 15 is 0 Å². The minimum atomic E-state index is -6.09. The van der Waals surface area contributed by atoms with Crippen LogP contribution in [0.2, 0.25) is 0 Å². The van der Waals surface area contributed by atoms with Gasteiger partial charge in [0.05, 0.1) is 0 Å². The molecule has 23 heavy (non-hydrogen) atoms. The molecular weight excluding hydrogens is 333 g/mol. The van der Waals surface area contributed by atoms with E-state index in [9.17, 15) is 13.2 Å². The molecule has 0 aliphatic carbocycles. The van der Waals surface area contributed by atoms with Crippen molar-refractivity contribution in [2.75, 3.05) is 0 Å². The first-order chi connectivity index (χ1) is 10.7. The summed E-state index contributed by atoms with van der Waals surface area (Å²) < 4.78 is 61.0. The Balaban J connectivity index is 0.000000207. The van der Waals surface area contributed by atoms with Crippen LogP contribution in [0, 0.1) is 0 Å². The number of halogens is 3. The third-order valence-electron chi connectivity index (χ3n) is 2.86. The average molecular weight is 344 g/mol. The second-order valence-corrected chi connectivity index (χ2v) is 5.82. The van der Waals surface area contributed by atoms with Gasteiger partial charge < -0.3 is 4.55 Å². The highest BCUT2D eigenvalue weighted by Crippen LogP contribution is 2.20. The van der Waals surface area contributed by atoms with E-state index in [0.29, 0.717) is 0 Å². The second kappa shape index (κ2) is 6.39. The van der Waals surface area contributed by atoms with E-state index in [1.165, 1.54) is 16.5 Å². The normalized spacial score (nSPS) is 11.8. The third kappa shape index (κ3) is 4.30. The zero-order valence-electron chi connectivity index (χ0n) is 11.5. The number of fused-ring (bicyclic) bond motifs is 1. The van der Waals surface area contributed by atoms with Crippen LogP contribution >= 0.6 is 0 Å². The van der Waals surface area contributed by atoms with Crippen LogP contribution in [-0.2, 0) is 10.1 Å². The maximum atomic E-state index is 10.7. The first kappa shape index (κ1) is 17.0. The summed E-state index contributed by atoms with van der Waals surface area (Å²) in [4.78, 5) is 3.04. The summed E-state index contributed by atoms with van der Waals surface area (Å²) in [6, 6.07) is 14.8. The van der Waals surface area contributed by atoms with E-state index in [1.54, 1.807) is 0 Å². The zero-order valence-corrected chi connectivity index (χ0v) is 12.3. The Morgan fingerprint density at radius 3 is 2.17 bits per heavy atom. The van der Waals surface area contributed by atoms with E-state index in [4.69, 9.17) is 13.0 Å². The van der Waals surface area contributed by atoms with Crippen molar-refractivity contribution in [1.29, 1.82) is 0 Å². The Morgan fingerprint density at radius 2 is 1.65 bits per heavy atom. The zero-order chi connectivity index (χ0) is 17.1. The minimum Gasteiger partial charge on any atom is -0.741 e. The van der Waals surface area contributed by atoms with Gasteiger partial charge in [-0.1, -0.05) is 30.3 Å². The molecule has 0 radical (unpaired) electrons. The Labute approximate surface area is 129 Å². The van der Waals surface area contributed by atoms with Gasteiger partial charge in [-0.3, -0.25) is 0 Å². The Morgan fingerprint density at radius 1 is 1.04 bits per heavy atom. The van der Waals surface area contributed by atoms with Crippen LogP contribution in [0.4, 0.5) is 13.2 Å². The van der Waals surface area contributed by atoms with Crippen molar-refractivity contribution in [2.45, 2.75) is 5.51 Å². The fourth-order valence-corrected chi connectivity index (χ4v) is 1.79. The lowest BCUT2D eigenvalue weighted by molar-refractivity contribution is -0.594. The number of hydrogen-bond acceptors (Lipinski definition) is 3. The lowest BCUT2D eigenvalue weighted by atomic mass is 10.1. The maximum Gasteiger partial charge on any atom is 0.485 e. The van der Waals surface area contributed by atoms with Crippen molar-refractivity contribution < 1.29 is 30.7 Å². The monoisotopic (exact) mass is 344 g/mol. The number of imidazole rings is 1. The van der Waals surface area contributed by atoms with Crippen LogP contribution < -0.4 is 4.57 Å². The fourth-order valence-electron chi connectivity index (χ4n) is 1.79. The van der Waals surface area contributed by atoms with Gasteiger partial charge in [-0.25, -0.2) is 18.0 Å². The Hall–Kier alpha value is -2.39. The molecule has 0 bridgehead atoms. The predicted molar refractivity (Wildman–Crippen MR) is 75.6 cm³/mol. The number of benzene rings is 2. The quantitative estimate of drug-likeness (QED) is 0.419. The molecule has 0 atom stereocenters. The van der Waals surface area contributed by atoms with E-state index in [0.717, 1.165) is 0 Å². The highest BCUT2D eigenvalue weighted by Gasteiger charge is 2.36. The van der Waals surface area contributed by atoms with Gasteiger partial charge >= 0.3 is 5.51 Å². The number of hydrogen-bond donors (Lipinski definition) is 1. The van der Waals surface area contributed by atoms with E-state index in [2.05, 4.69) is 52.0 Å². The summed E-state index contributed by atoms with van der Waals surface area (Å²) in [5.41, 5.74) is -4.47. The van der Waals surface area contributed by atoms with Crippen molar-refractivity contribution in [3.63, 3.8) is 0 Å². The van der Waals surface area contributed by atoms with Gasteiger partial charge in [-0.05, 0) is 22.9 Å². The molecule has 0 unspecified atom stereocenters. The molecule has 0 spiro atoms. The van der Waals surface area contributed by atoms with E-state index in [1.807, 2.05) is 18.7 Å². The van der Waals surface area contributed by atoms with E-state index < -0.39 is 15.6 Å². The number of aromatic nitrogens is 2. The molecule has 0 saturated carbocycles. The van der Waals surface area contributed by atoms with Gasteiger partial charge in [0.25, 0.3) is 0 Å². The van der Waals surface area contributed by atoms with Crippen molar-refractivity contribution in [2.24, 2.45) is 0 Å². The molecule has 9 heteroatoms. The second-order valence-electron chi connectivity index (χ2n) is 4.45. The van der Waals surface area contributed by atoms with Crippen molar-refractivity contribution >= 4 is 20.9 Å². The van der Waals surface area contributed by atoms with Gasteiger partial charge in [0.1, 0.15) is 18.1 Å². The summed E-state index contributed by atoms with van der Waals surface area (Å²) in [7, 11) is -6.09. The fraction of sp³-hybridized carbons (Fsp3) is 0.0714. The molecule has 0 fully saturated rings. The first-order valence-electron chi connectivity index (χ1n) is 6.24. The standard InChI is InChI=1S/C13H10N2.CHF3O3S/c1-2-4-12-9-13(6-5-11(12)3-1)15-8-7-14-10-15;2-1(3,4)8(5,6)7/h1-10H;(H,5,6,7). The number of rotatable bonds is 1. The molecule has 3 rings (SSSR count). The number of nitrogens with one attached hydrogen (secondary N) is 1. The largest absolute Gasteiger partial charge is 0.741 e. The third-order valence-corrected chi connectivity index (χ3v) is 3.43. The highest BCUT2D eigenvalue weighted by molar-refractivity contribution is 7.86. The smallest absolute Gasteiger partial charge is 0.485 e. The van der Waals surface area contributed by atoms with Gasteiger partial charge in [0, 0.05) is 0 Å². The van der Waals surface area contributed by atoms with Crippen molar-refractivity contribution in [3.8, 4) is 5.69 Å². The number of nitrogens with zero attached hydrogens (tertiary/aromatic N) is 1. The highest BCUT2D eigenvalue weighted by atomic mass is 32.2. The molecule has 1 aromatic heterocycles. The molecule has 0 saturated heterocycles. The maximum absolute atomic E-state index is 10.7. The van der Waals surface area contributed by atoms with Crippen LogP contribution in [0.1, 0.15) is 0 Å². The molecule has 1 heterocycles. The van der Waals surface area contributed by atoms with Crippen molar-refractivity contribution in [1.82, 2.24) is 4.98 Å². The SMILES string of the molecule is O=S(=O)([O-])C(F)(F)F.c1ccc2cc(-[n+]3cc[nH]c3)ccc2c1. The molecule has 3 aromatic rings. The van der Waals surface area contributed by atoms with Crippen molar-refractivity contribution in [3.05, 3.63) is 61.2 Å². The number of H-pyrrole nitrogens is 1. The van der Waals surface area contributed by atoms with Crippen LogP contribution in [0.5, 0.6) is 0 Å². The first-order valence-corrected chi connectivity index (χ1v) is 7.65. The van der Waals surface area contributed by atoms with Gasteiger partial charge in [0.2, 0.25) is 6.33 Å². The average Bonchev–Trinajstić information content (AvgIpc) is 2.99. The molecule has 122 valence electrons. The summed E-state index contributed by atoms with van der Waals surface area (Å²) in [5, 5.41) is 2.54. The lowest BCUT2D eigenvalue weighted by Crippen LogP contribution is -2.26. The Kier molecular flexibility index (Phi) is 4.71. The Bertz CT molecular complexity index is 891. The molecule has 2 aromatic carbocycles. The number of alkyl halides is 3. The molecular formula is C14H11F3N2O3S. The molecule has 1 N–H and O–H groups in total. The molecule has 0 aliphatic rings. The molecule has 0 aliphatic heterocycles. The van der Waals surface area contributed by atoms with Crippen LogP contribution in [0.15, 0.2) is 61.2 Å². The van der Waals surface area contributed by atoms with Gasteiger partial charge in [0.15, 0.2) is 10.1 Å². The summed E-state index contributed by atoms with van der Waals surface area (Å²) in [6.45, 7) is 0.